The molecule has 0 bridgehead atoms. The maximum absolute atomic E-state index is 11.8. The molecule has 0 amide bonds. The van der Waals surface area contributed by atoms with Crippen LogP contribution in [-0.4, -0.2) is 15.6 Å². The number of Topliss-reactive ketones (excluding diaryl/α,β-unsaturated/α-hetero) is 1. The molecule has 0 N–H and O–H groups in total. The molecule has 0 aliphatic rings. The summed E-state index contributed by atoms with van der Waals surface area (Å²) < 4.78 is 1.65. The van der Waals surface area contributed by atoms with Crippen LogP contribution < -0.4 is 0 Å². The zero-order valence-electron chi connectivity index (χ0n) is 8.75. The highest BCUT2D eigenvalue weighted by atomic mass is 35.5. The van der Waals surface area contributed by atoms with Gasteiger partial charge >= 0.3 is 0 Å². The number of carbonyl (C=O) groups is 1. The van der Waals surface area contributed by atoms with Crippen molar-refractivity contribution in [3.8, 4) is 0 Å². The van der Waals surface area contributed by atoms with Gasteiger partial charge in [0.25, 0.3) is 0 Å². The van der Waals surface area contributed by atoms with E-state index in [1.807, 2.05) is 20.8 Å². The second kappa shape index (κ2) is 4.60. The highest BCUT2D eigenvalue weighted by Crippen LogP contribution is 2.18. The van der Waals surface area contributed by atoms with E-state index in [1.54, 1.807) is 4.68 Å². The summed E-state index contributed by atoms with van der Waals surface area (Å²) in [5.41, 5.74) is 0.544. The van der Waals surface area contributed by atoms with Crippen LogP contribution in [0, 0.1) is 5.92 Å². The number of aryl methyl sites for hydroxylation is 1. The Morgan fingerprint density at radius 2 is 2.29 bits per heavy atom. The van der Waals surface area contributed by atoms with E-state index in [2.05, 4.69) is 5.10 Å². The van der Waals surface area contributed by atoms with Crippen LogP contribution >= 0.6 is 11.6 Å². The summed E-state index contributed by atoms with van der Waals surface area (Å²) in [6.07, 6.45) is 2.05. The normalized spacial score (nSPS) is 10.9. The van der Waals surface area contributed by atoms with E-state index in [9.17, 15) is 4.79 Å². The maximum Gasteiger partial charge on any atom is 0.182 e. The van der Waals surface area contributed by atoms with Gasteiger partial charge in [-0.1, -0.05) is 25.4 Å². The van der Waals surface area contributed by atoms with Crippen LogP contribution in [0.15, 0.2) is 6.20 Å². The van der Waals surface area contributed by atoms with Gasteiger partial charge in [0.15, 0.2) is 5.78 Å². The highest BCUT2D eigenvalue weighted by molar-refractivity contribution is 6.33. The first-order valence-corrected chi connectivity index (χ1v) is 5.18. The van der Waals surface area contributed by atoms with E-state index in [-0.39, 0.29) is 5.78 Å². The second-order valence-corrected chi connectivity index (χ2v) is 4.09. The largest absolute Gasteiger partial charge is 0.292 e. The molecule has 14 heavy (non-hydrogen) atoms. The van der Waals surface area contributed by atoms with E-state index in [1.165, 1.54) is 6.20 Å². The Labute approximate surface area is 89.1 Å². The Balaban J connectivity index is 2.93. The topological polar surface area (TPSA) is 34.9 Å². The van der Waals surface area contributed by atoms with Crippen molar-refractivity contribution in [2.45, 2.75) is 33.7 Å². The van der Waals surface area contributed by atoms with Crippen LogP contribution in [0.1, 0.15) is 37.7 Å². The van der Waals surface area contributed by atoms with Gasteiger partial charge in [0, 0.05) is 13.0 Å². The van der Waals surface area contributed by atoms with E-state index in [0.29, 0.717) is 29.6 Å². The van der Waals surface area contributed by atoms with Gasteiger partial charge < -0.3 is 0 Å². The molecule has 0 aliphatic heterocycles. The molecule has 0 saturated heterocycles. The number of hydrogen-bond acceptors (Lipinski definition) is 2. The molecule has 0 atom stereocenters. The molecule has 1 heterocycles. The SMILES string of the molecule is CCn1ncc(Cl)c1C(=O)CC(C)C. The predicted molar refractivity (Wildman–Crippen MR) is 56.7 cm³/mol. The third-order valence-corrected chi connectivity index (χ3v) is 2.23. The predicted octanol–water partition coefficient (Wildman–Crippen LogP) is 2.79. The average Bonchev–Trinajstić information content (AvgIpc) is 2.45. The molecule has 1 aromatic heterocycles. The lowest BCUT2D eigenvalue weighted by molar-refractivity contribution is 0.0957. The molecule has 0 spiro atoms. The molecule has 1 rings (SSSR count). The van der Waals surface area contributed by atoms with Crippen LogP contribution in [0.2, 0.25) is 5.02 Å². The summed E-state index contributed by atoms with van der Waals surface area (Å²) in [7, 11) is 0. The Morgan fingerprint density at radius 3 is 2.79 bits per heavy atom. The minimum atomic E-state index is 0.0735. The lowest BCUT2D eigenvalue weighted by atomic mass is 10.1. The zero-order chi connectivity index (χ0) is 10.7. The van der Waals surface area contributed by atoms with Crippen LogP contribution in [-0.2, 0) is 6.54 Å². The number of rotatable bonds is 4. The molecule has 0 radical (unpaired) electrons. The Kier molecular flexibility index (Phi) is 3.69. The van der Waals surface area contributed by atoms with Gasteiger partial charge in [0.05, 0.1) is 11.2 Å². The monoisotopic (exact) mass is 214 g/mol. The summed E-state index contributed by atoms with van der Waals surface area (Å²) >= 11 is 5.90. The molecular formula is C10H15ClN2O. The van der Waals surface area contributed by atoms with E-state index >= 15 is 0 Å². The summed E-state index contributed by atoms with van der Waals surface area (Å²) in [6.45, 7) is 6.64. The first-order valence-electron chi connectivity index (χ1n) is 4.80. The Bertz CT molecular complexity index is 331. The fourth-order valence-corrected chi connectivity index (χ4v) is 1.59. The van der Waals surface area contributed by atoms with Crippen molar-refractivity contribution in [2.75, 3.05) is 0 Å². The molecule has 0 unspecified atom stereocenters. The van der Waals surface area contributed by atoms with Crippen LogP contribution in [0.3, 0.4) is 0 Å². The first kappa shape index (κ1) is 11.2. The minimum Gasteiger partial charge on any atom is -0.292 e. The van der Waals surface area contributed by atoms with Gasteiger partial charge in [-0.2, -0.15) is 5.10 Å². The molecule has 0 fully saturated rings. The Morgan fingerprint density at radius 1 is 1.64 bits per heavy atom. The lowest BCUT2D eigenvalue weighted by Gasteiger charge is -2.06. The second-order valence-electron chi connectivity index (χ2n) is 3.68. The van der Waals surface area contributed by atoms with Crippen molar-refractivity contribution in [3.05, 3.63) is 16.9 Å². The van der Waals surface area contributed by atoms with Crippen molar-refractivity contribution in [1.82, 2.24) is 9.78 Å². The Hall–Kier alpha value is -0.830. The zero-order valence-corrected chi connectivity index (χ0v) is 9.51. The molecule has 0 aromatic carbocycles. The van der Waals surface area contributed by atoms with Crippen LogP contribution in [0.5, 0.6) is 0 Å². The summed E-state index contributed by atoms with van der Waals surface area (Å²) in [4.78, 5) is 11.8. The van der Waals surface area contributed by atoms with E-state index in [4.69, 9.17) is 11.6 Å². The summed E-state index contributed by atoms with van der Waals surface area (Å²) in [5, 5.41) is 4.48. The smallest absolute Gasteiger partial charge is 0.182 e. The molecular weight excluding hydrogens is 200 g/mol. The quantitative estimate of drug-likeness (QED) is 0.723. The van der Waals surface area contributed by atoms with Crippen LogP contribution in [0.25, 0.3) is 0 Å². The number of ketones is 1. The van der Waals surface area contributed by atoms with Gasteiger partial charge in [-0.15, -0.1) is 0 Å². The number of aromatic nitrogens is 2. The first-order chi connectivity index (χ1) is 6.56. The number of halogens is 1. The number of carbonyl (C=O) groups excluding carboxylic acids is 1. The molecule has 78 valence electrons. The fraction of sp³-hybridized carbons (Fsp3) is 0.600. The van der Waals surface area contributed by atoms with Gasteiger partial charge in [-0.05, 0) is 12.8 Å². The van der Waals surface area contributed by atoms with Crippen molar-refractivity contribution in [1.29, 1.82) is 0 Å². The van der Waals surface area contributed by atoms with Crippen molar-refractivity contribution in [3.63, 3.8) is 0 Å². The standard InChI is InChI=1S/C10H15ClN2O/c1-4-13-10(8(11)6-12-13)9(14)5-7(2)3/h6-7H,4-5H2,1-3H3. The third kappa shape index (κ3) is 2.35. The van der Waals surface area contributed by atoms with E-state index < -0.39 is 0 Å². The molecule has 1 aromatic rings. The highest BCUT2D eigenvalue weighted by Gasteiger charge is 2.17. The average molecular weight is 215 g/mol. The van der Waals surface area contributed by atoms with Gasteiger partial charge in [-0.25, -0.2) is 0 Å². The summed E-state index contributed by atoms with van der Waals surface area (Å²) in [6, 6.07) is 0. The van der Waals surface area contributed by atoms with Crippen molar-refractivity contribution < 1.29 is 4.79 Å². The van der Waals surface area contributed by atoms with Crippen molar-refractivity contribution >= 4 is 17.4 Å². The van der Waals surface area contributed by atoms with Gasteiger partial charge in [0.1, 0.15) is 5.69 Å². The molecule has 4 heteroatoms. The van der Waals surface area contributed by atoms with E-state index in [0.717, 1.165) is 0 Å². The van der Waals surface area contributed by atoms with Gasteiger partial charge in [0.2, 0.25) is 0 Å². The fourth-order valence-electron chi connectivity index (χ4n) is 1.35. The third-order valence-electron chi connectivity index (χ3n) is 1.95. The molecule has 0 saturated carbocycles. The summed E-state index contributed by atoms with van der Waals surface area (Å²) in [5.74, 6) is 0.420. The number of hydrogen-bond donors (Lipinski definition) is 0. The van der Waals surface area contributed by atoms with Gasteiger partial charge in [-0.3, -0.25) is 9.48 Å². The van der Waals surface area contributed by atoms with Crippen LogP contribution in [0.4, 0.5) is 0 Å². The molecule has 0 aliphatic carbocycles. The minimum absolute atomic E-state index is 0.0735. The number of nitrogens with zero attached hydrogens (tertiary/aromatic N) is 2. The molecule has 3 nitrogen and oxygen atoms in total. The van der Waals surface area contributed by atoms with Crippen molar-refractivity contribution in [2.24, 2.45) is 5.92 Å². The lowest BCUT2D eigenvalue weighted by Crippen LogP contribution is -2.11. The maximum atomic E-state index is 11.8.